The number of carboxylic acids is 2. The average molecular weight is 231 g/mol. The zero-order chi connectivity index (χ0) is 12.8. The van der Waals surface area contributed by atoms with E-state index in [4.69, 9.17) is 15.6 Å². The minimum Gasteiger partial charge on any atom is -0.763 e. The van der Waals surface area contributed by atoms with E-state index in [9.17, 15) is 9.59 Å². The molecular weight excluding hydrogens is 224 g/mol. The van der Waals surface area contributed by atoms with Crippen molar-refractivity contribution in [3.05, 3.63) is 40.8 Å². The van der Waals surface area contributed by atoms with Gasteiger partial charge in [-0.3, -0.25) is 10.9 Å². The summed E-state index contributed by atoms with van der Waals surface area (Å²) in [4.78, 5) is 25.0. The van der Waals surface area contributed by atoms with Gasteiger partial charge >= 0.3 is 11.9 Å². The van der Waals surface area contributed by atoms with Gasteiger partial charge in [0.1, 0.15) is 0 Å². The number of para-hydroxylation sites is 1. The molecule has 0 aromatic heterocycles. The molecule has 0 radical (unpaired) electrons. The lowest BCUT2D eigenvalue weighted by Gasteiger charge is -1.99. The number of carboxylic acid groups (broad SMARTS) is 2. The number of benzene rings is 1. The van der Waals surface area contributed by atoms with Crippen molar-refractivity contribution in [1.82, 2.24) is 0 Å². The number of rotatable bonds is 4. The van der Waals surface area contributed by atoms with Crippen LogP contribution < -0.4 is 0 Å². The van der Waals surface area contributed by atoms with Gasteiger partial charge in [-0.05, 0) is 12.1 Å². The third-order valence-electron chi connectivity index (χ3n) is 1.82. The van der Waals surface area contributed by atoms with Crippen molar-refractivity contribution in [2.45, 2.75) is 0 Å². The number of hydrogen-bond donors (Lipinski definition) is 2. The van der Waals surface area contributed by atoms with Crippen LogP contribution in [0.1, 0.15) is 10.4 Å². The van der Waals surface area contributed by atoms with E-state index in [0.29, 0.717) is 0 Å². The van der Waals surface area contributed by atoms with E-state index in [1.54, 1.807) is 6.07 Å². The highest BCUT2D eigenvalue weighted by atomic mass is 16.4. The lowest BCUT2D eigenvalue weighted by Crippen LogP contribution is -2.02. The zero-order valence-electron chi connectivity index (χ0n) is 8.49. The molecule has 2 N–H and O–H groups in total. The lowest BCUT2D eigenvalue weighted by atomic mass is 10.2. The lowest BCUT2D eigenvalue weighted by molar-refractivity contribution is -0.131. The second kappa shape index (κ2) is 5.39. The minimum absolute atomic E-state index is 0.0635. The number of carbonyl (C=O) groups is 2. The monoisotopic (exact) mass is 231 g/mol. The Morgan fingerprint density at radius 1 is 1.29 bits per heavy atom. The Morgan fingerprint density at radius 3 is 2.47 bits per heavy atom. The van der Waals surface area contributed by atoms with Crippen molar-refractivity contribution < 1.29 is 19.8 Å². The van der Waals surface area contributed by atoms with Crippen LogP contribution in [0.4, 0.5) is 5.69 Å². The van der Waals surface area contributed by atoms with Gasteiger partial charge in [0.15, 0.2) is 0 Å². The Balaban J connectivity index is 3.12. The molecule has 0 unspecified atom stereocenters. The molecule has 6 heteroatoms. The summed E-state index contributed by atoms with van der Waals surface area (Å²) in [6.45, 7) is 0. The van der Waals surface area contributed by atoms with Gasteiger partial charge in [-0.25, -0.2) is 9.59 Å². The van der Waals surface area contributed by atoms with Crippen LogP contribution in [-0.2, 0) is 4.79 Å². The van der Waals surface area contributed by atoms with Crippen LogP contribution >= 0.6 is 0 Å². The highest BCUT2D eigenvalue weighted by molar-refractivity contribution is 6.17. The van der Waals surface area contributed by atoms with Crippen molar-refractivity contribution in [2.75, 3.05) is 0 Å². The summed E-state index contributed by atoms with van der Waals surface area (Å²) in [6.07, 6.45) is 0.824. The van der Waals surface area contributed by atoms with Crippen molar-refractivity contribution >= 4 is 29.7 Å². The summed E-state index contributed by atoms with van der Waals surface area (Å²) in [5.74, 6) is -1.15. The fraction of sp³-hybridized carbons (Fsp3) is 0. The molecule has 86 valence electrons. The first-order chi connectivity index (χ1) is 8.06. The number of nitrogens with zero attached hydrogens (tertiary/aromatic N) is 2. The maximum atomic E-state index is 10.8. The first kappa shape index (κ1) is 12.4. The van der Waals surface area contributed by atoms with E-state index in [1.165, 1.54) is 24.1 Å². The van der Waals surface area contributed by atoms with Crippen molar-refractivity contribution in [3.63, 3.8) is 0 Å². The molecule has 0 atom stereocenters. The van der Waals surface area contributed by atoms with Gasteiger partial charge in [-0.15, -0.1) is 0 Å². The van der Waals surface area contributed by atoms with Crippen LogP contribution in [0.25, 0.3) is 5.41 Å². The molecular formula is C11H7N2O4-. The second-order valence-electron chi connectivity index (χ2n) is 2.91. The first-order valence-corrected chi connectivity index (χ1v) is 4.43. The van der Waals surface area contributed by atoms with Gasteiger partial charge in [0.2, 0.25) is 0 Å². The van der Waals surface area contributed by atoms with Gasteiger partial charge in [-0.2, -0.15) is 0 Å². The molecule has 1 aromatic carbocycles. The zero-order valence-corrected chi connectivity index (χ0v) is 8.49. The Hall–Kier alpha value is -2.72. The second-order valence-corrected chi connectivity index (χ2v) is 2.91. The Bertz CT molecular complexity index is 542. The highest BCUT2D eigenvalue weighted by Gasteiger charge is 2.08. The number of aliphatic carboxylic acids is 1. The molecule has 1 aromatic rings. The molecule has 0 aliphatic heterocycles. The van der Waals surface area contributed by atoms with Crippen LogP contribution in [0.15, 0.2) is 34.8 Å². The molecule has 0 bridgehead atoms. The largest absolute Gasteiger partial charge is 0.763 e. The summed E-state index contributed by atoms with van der Waals surface area (Å²) in [7, 11) is 0. The molecule has 1 rings (SSSR count). The van der Waals surface area contributed by atoms with E-state index in [0.717, 1.165) is 6.21 Å². The van der Waals surface area contributed by atoms with Gasteiger partial charge in [0.05, 0.1) is 16.8 Å². The maximum absolute atomic E-state index is 10.8. The molecule has 0 aliphatic carbocycles. The summed E-state index contributed by atoms with van der Waals surface area (Å²) < 4.78 is 0. The topological polar surface area (TPSA) is 109 Å². The normalized spacial score (nSPS) is 9.88. The molecule has 0 aliphatic rings. The van der Waals surface area contributed by atoms with Crippen LogP contribution in [0.2, 0.25) is 0 Å². The standard InChI is InChI=1S/C11H7N2O4/c12-5-7(10(14)15)6-13-9-4-2-1-3-8(9)11(16)17/h1-4,6H,(H,14,15)(H,16,17)/q-1. The van der Waals surface area contributed by atoms with E-state index >= 15 is 0 Å². The van der Waals surface area contributed by atoms with E-state index in [-0.39, 0.29) is 11.3 Å². The average Bonchev–Trinajstić information content (AvgIpc) is 2.29. The maximum Gasteiger partial charge on any atom is 0.343 e. The minimum atomic E-state index is -1.41. The summed E-state index contributed by atoms with van der Waals surface area (Å²) in [5.41, 5.74) is -0.536. The third kappa shape index (κ3) is 3.12. The first-order valence-electron chi connectivity index (χ1n) is 4.43. The number of hydrogen-bond acceptors (Lipinski definition) is 3. The molecule has 17 heavy (non-hydrogen) atoms. The molecule has 0 saturated carbocycles. The van der Waals surface area contributed by atoms with E-state index < -0.39 is 17.5 Å². The molecule has 0 spiro atoms. The van der Waals surface area contributed by atoms with Crippen molar-refractivity contribution in [2.24, 2.45) is 4.99 Å². The smallest absolute Gasteiger partial charge is 0.343 e. The molecule has 0 fully saturated rings. The Morgan fingerprint density at radius 2 is 1.94 bits per heavy atom. The van der Waals surface area contributed by atoms with Crippen LogP contribution in [0.3, 0.4) is 0 Å². The van der Waals surface area contributed by atoms with Gasteiger partial charge in [-0.1, -0.05) is 12.1 Å². The van der Waals surface area contributed by atoms with E-state index in [2.05, 4.69) is 4.99 Å². The summed E-state index contributed by atoms with van der Waals surface area (Å²) in [5, 5.41) is 25.9. The highest BCUT2D eigenvalue weighted by Crippen LogP contribution is 2.18. The molecule has 0 saturated heterocycles. The van der Waals surface area contributed by atoms with Gasteiger partial charge < -0.3 is 15.6 Å². The predicted molar refractivity (Wildman–Crippen MR) is 61.1 cm³/mol. The van der Waals surface area contributed by atoms with Gasteiger partial charge in [0.25, 0.3) is 0 Å². The fourth-order valence-electron chi connectivity index (χ4n) is 1.03. The molecule has 6 nitrogen and oxygen atoms in total. The van der Waals surface area contributed by atoms with Crippen LogP contribution in [0, 0.1) is 0 Å². The molecule has 0 amide bonds. The Kier molecular flexibility index (Phi) is 3.91. The summed E-state index contributed by atoms with van der Waals surface area (Å²) >= 11 is 0. The van der Waals surface area contributed by atoms with E-state index in [1.807, 2.05) is 0 Å². The predicted octanol–water partition coefficient (Wildman–Crippen LogP) is 1.34. The number of aromatic carboxylic acids is 1. The van der Waals surface area contributed by atoms with Crippen molar-refractivity contribution in [1.29, 1.82) is 0 Å². The number of aliphatic imine (C=N–C) groups is 1. The quantitative estimate of drug-likeness (QED) is 0.601. The van der Waals surface area contributed by atoms with Crippen LogP contribution in [0.5, 0.6) is 0 Å². The van der Waals surface area contributed by atoms with Crippen LogP contribution in [-0.4, -0.2) is 34.2 Å². The summed E-state index contributed by atoms with van der Waals surface area (Å²) in [6, 6.07) is 5.83. The van der Waals surface area contributed by atoms with Gasteiger partial charge in [0, 0.05) is 6.21 Å². The fourth-order valence-corrected chi connectivity index (χ4v) is 1.03. The molecule has 0 heterocycles. The third-order valence-corrected chi connectivity index (χ3v) is 1.82. The van der Waals surface area contributed by atoms with Crippen molar-refractivity contribution in [3.8, 4) is 0 Å². The SMILES string of the molecule is [N-]=C=C(C=Nc1ccccc1C(=O)O)C(=O)O. The Labute approximate surface area is 96.1 Å².